The highest BCUT2D eigenvalue weighted by atomic mass is 19.1. The summed E-state index contributed by atoms with van der Waals surface area (Å²) in [6, 6.07) is 17.3. The molecule has 2 N–H and O–H groups in total. The van der Waals surface area contributed by atoms with Crippen molar-refractivity contribution in [2.75, 3.05) is 5.32 Å². The summed E-state index contributed by atoms with van der Waals surface area (Å²) in [5.41, 5.74) is 1.91. The van der Waals surface area contributed by atoms with E-state index in [1.807, 2.05) is 0 Å². The molecule has 3 rings (SSSR count). The van der Waals surface area contributed by atoms with Gasteiger partial charge in [-0.05, 0) is 53.1 Å². The fourth-order valence-corrected chi connectivity index (χ4v) is 2.93. The smallest absolute Gasteiger partial charge is 0.450 e. The predicted molar refractivity (Wildman–Crippen MR) is 109 cm³/mol. The molecule has 0 aliphatic rings. The minimum absolute atomic E-state index is 0.0651. The highest BCUT2D eigenvalue weighted by molar-refractivity contribution is 5.92. The number of nitrogens with one attached hydrogen (secondary N) is 1. The molecule has 1 amide bonds. The number of carbonyl (C=O) groups excluding carboxylic acids is 1. The van der Waals surface area contributed by atoms with E-state index in [-0.39, 0.29) is 23.8 Å². The number of carbonyl (C=O) groups is 2. The van der Waals surface area contributed by atoms with Gasteiger partial charge in [-0.25, -0.2) is 9.18 Å². The lowest BCUT2D eigenvalue weighted by molar-refractivity contribution is -0.384. The van der Waals surface area contributed by atoms with Gasteiger partial charge >= 0.3 is 6.16 Å². The first-order valence-corrected chi connectivity index (χ1v) is 9.10. The molecule has 9 heteroatoms. The highest BCUT2D eigenvalue weighted by Gasteiger charge is 2.20. The van der Waals surface area contributed by atoms with Crippen molar-refractivity contribution in [2.45, 2.75) is 12.5 Å². The number of hydrogen-bond acceptors (Lipinski definition) is 5. The number of amides is 1. The first-order chi connectivity index (χ1) is 14.8. The number of benzene rings is 3. The van der Waals surface area contributed by atoms with Gasteiger partial charge < -0.3 is 15.2 Å². The van der Waals surface area contributed by atoms with Crippen LogP contribution in [0.3, 0.4) is 0 Å². The second-order valence-electron chi connectivity index (χ2n) is 6.59. The van der Waals surface area contributed by atoms with Crippen molar-refractivity contribution in [2.24, 2.45) is 0 Å². The maximum atomic E-state index is 13.0. The second kappa shape index (κ2) is 9.49. The third kappa shape index (κ3) is 5.86. The Balaban J connectivity index is 1.73. The van der Waals surface area contributed by atoms with Gasteiger partial charge in [-0.2, -0.15) is 0 Å². The van der Waals surface area contributed by atoms with Crippen molar-refractivity contribution in [3.8, 4) is 0 Å². The molecular weight excluding hydrogens is 407 g/mol. The van der Waals surface area contributed by atoms with Gasteiger partial charge in [0.1, 0.15) is 5.82 Å². The van der Waals surface area contributed by atoms with Crippen molar-refractivity contribution in [1.29, 1.82) is 0 Å². The fourth-order valence-electron chi connectivity index (χ4n) is 2.93. The van der Waals surface area contributed by atoms with E-state index in [1.165, 1.54) is 48.5 Å². The zero-order valence-corrected chi connectivity index (χ0v) is 16.0. The summed E-state index contributed by atoms with van der Waals surface area (Å²) < 4.78 is 17.9. The molecule has 0 radical (unpaired) electrons. The lowest BCUT2D eigenvalue weighted by Gasteiger charge is -2.17. The van der Waals surface area contributed by atoms with Crippen LogP contribution in [0.2, 0.25) is 0 Å². The molecule has 1 unspecified atom stereocenters. The quantitative estimate of drug-likeness (QED) is 0.322. The van der Waals surface area contributed by atoms with Gasteiger partial charge in [0.25, 0.3) is 5.69 Å². The Labute approximate surface area is 176 Å². The van der Waals surface area contributed by atoms with E-state index in [0.29, 0.717) is 22.4 Å². The lowest BCUT2D eigenvalue weighted by Crippen LogP contribution is -2.15. The molecular formula is C22H17FN2O6. The number of nitrogens with zero attached hydrogens (tertiary/aromatic N) is 1. The van der Waals surface area contributed by atoms with Gasteiger partial charge in [0, 0.05) is 17.8 Å². The zero-order chi connectivity index (χ0) is 22.4. The Bertz CT molecular complexity index is 1080. The van der Waals surface area contributed by atoms with Crippen molar-refractivity contribution < 1.29 is 28.7 Å². The normalized spacial score (nSPS) is 11.4. The largest absolute Gasteiger partial charge is 0.506 e. The molecule has 0 saturated carbocycles. The van der Waals surface area contributed by atoms with Gasteiger partial charge in [0.05, 0.1) is 11.3 Å². The molecule has 0 heterocycles. The number of anilines is 1. The predicted octanol–water partition coefficient (Wildman–Crippen LogP) is 4.70. The molecule has 3 aromatic carbocycles. The van der Waals surface area contributed by atoms with Crippen LogP contribution in [-0.4, -0.2) is 22.1 Å². The molecule has 0 saturated heterocycles. The van der Waals surface area contributed by atoms with Gasteiger partial charge in [0.2, 0.25) is 5.91 Å². The number of non-ortho nitro benzene ring substituents is 1. The maximum Gasteiger partial charge on any atom is 0.506 e. The van der Waals surface area contributed by atoms with Gasteiger partial charge in [-0.3, -0.25) is 14.9 Å². The topological polar surface area (TPSA) is 119 Å². The molecule has 8 nitrogen and oxygen atoms in total. The van der Waals surface area contributed by atoms with E-state index < -0.39 is 17.2 Å². The first-order valence-electron chi connectivity index (χ1n) is 9.10. The summed E-state index contributed by atoms with van der Waals surface area (Å²) in [7, 11) is 0. The highest BCUT2D eigenvalue weighted by Crippen LogP contribution is 2.28. The molecule has 0 aliphatic carbocycles. The summed E-state index contributed by atoms with van der Waals surface area (Å²) in [5, 5.41) is 22.6. The minimum atomic E-state index is -1.50. The number of hydrogen-bond donors (Lipinski definition) is 2. The number of nitro groups is 1. The average Bonchev–Trinajstić information content (AvgIpc) is 2.74. The van der Waals surface area contributed by atoms with Gasteiger partial charge in [-0.1, -0.05) is 24.3 Å². The maximum absolute atomic E-state index is 13.0. The Morgan fingerprint density at radius 2 is 1.52 bits per heavy atom. The van der Waals surface area contributed by atoms with Crippen molar-refractivity contribution in [3.05, 3.63) is 105 Å². The lowest BCUT2D eigenvalue weighted by atomic mass is 10.0. The summed E-state index contributed by atoms with van der Waals surface area (Å²) in [6.07, 6.45) is -2.43. The summed E-state index contributed by atoms with van der Waals surface area (Å²) in [5.74, 6) is -0.682. The van der Waals surface area contributed by atoms with Crippen molar-refractivity contribution in [1.82, 2.24) is 0 Å². The third-order valence-corrected chi connectivity index (χ3v) is 4.40. The van der Waals surface area contributed by atoms with Crippen LogP contribution in [0, 0.1) is 15.9 Å². The Kier molecular flexibility index (Phi) is 6.56. The monoisotopic (exact) mass is 424 g/mol. The van der Waals surface area contributed by atoms with Crippen LogP contribution in [0.5, 0.6) is 0 Å². The van der Waals surface area contributed by atoms with Crippen LogP contribution in [0.15, 0.2) is 72.8 Å². The molecule has 0 aliphatic heterocycles. The molecule has 0 bridgehead atoms. The SMILES string of the molecule is O=C(Cc1ccc(F)cc1)Nc1ccc(C(OC(=O)O)c2ccc([N+](=O)[O-])cc2)cc1. The molecule has 0 spiro atoms. The summed E-state index contributed by atoms with van der Waals surface area (Å²) in [4.78, 5) is 33.6. The van der Waals surface area contributed by atoms with Crippen LogP contribution in [0.25, 0.3) is 0 Å². The zero-order valence-electron chi connectivity index (χ0n) is 16.0. The molecule has 1 atom stereocenters. The van der Waals surface area contributed by atoms with E-state index >= 15 is 0 Å². The number of nitro benzene ring substituents is 1. The van der Waals surface area contributed by atoms with Crippen molar-refractivity contribution >= 4 is 23.4 Å². The first kappa shape index (κ1) is 21.4. The van der Waals surface area contributed by atoms with Gasteiger partial charge in [0.15, 0.2) is 6.10 Å². The van der Waals surface area contributed by atoms with Crippen LogP contribution in [0.1, 0.15) is 22.8 Å². The van der Waals surface area contributed by atoms with Crippen LogP contribution in [-0.2, 0) is 16.0 Å². The Morgan fingerprint density at radius 1 is 0.968 bits per heavy atom. The molecule has 31 heavy (non-hydrogen) atoms. The van der Waals surface area contributed by atoms with Crippen LogP contribution in [0.4, 0.5) is 20.6 Å². The second-order valence-corrected chi connectivity index (χ2v) is 6.59. The van der Waals surface area contributed by atoms with Crippen molar-refractivity contribution in [3.63, 3.8) is 0 Å². The molecule has 0 fully saturated rings. The molecule has 3 aromatic rings. The number of carboxylic acid groups (broad SMARTS) is 1. The van der Waals surface area contributed by atoms with Crippen LogP contribution >= 0.6 is 0 Å². The fraction of sp³-hybridized carbons (Fsp3) is 0.0909. The standard InChI is InChI=1S/C22H17FN2O6/c23-17-7-1-14(2-8-17)13-20(26)24-18-9-3-15(4-10-18)21(31-22(27)28)16-5-11-19(12-6-16)25(29)30/h1-12,21H,13H2,(H,24,26)(H,27,28). The van der Waals surface area contributed by atoms with E-state index in [0.717, 1.165) is 0 Å². The Hall–Kier alpha value is -4.27. The summed E-state index contributed by atoms with van der Waals surface area (Å²) in [6.45, 7) is 0. The molecule has 158 valence electrons. The van der Waals surface area contributed by atoms with E-state index in [4.69, 9.17) is 9.84 Å². The van der Waals surface area contributed by atoms with Crippen LogP contribution < -0.4 is 5.32 Å². The third-order valence-electron chi connectivity index (χ3n) is 4.40. The molecule has 0 aromatic heterocycles. The summed E-state index contributed by atoms with van der Waals surface area (Å²) >= 11 is 0. The van der Waals surface area contributed by atoms with E-state index in [1.54, 1.807) is 24.3 Å². The minimum Gasteiger partial charge on any atom is -0.450 e. The van der Waals surface area contributed by atoms with Gasteiger partial charge in [-0.15, -0.1) is 0 Å². The number of rotatable bonds is 7. The number of ether oxygens (including phenoxy) is 1. The Morgan fingerprint density at radius 3 is 2.03 bits per heavy atom. The van der Waals surface area contributed by atoms with E-state index in [9.17, 15) is 24.1 Å². The van der Waals surface area contributed by atoms with E-state index in [2.05, 4.69) is 5.32 Å². The number of halogens is 1. The average molecular weight is 424 g/mol.